The number of aromatic nitrogens is 2. The summed E-state index contributed by atoms with van der Waals surface area (Å²) in [5.74, 6) is 0.292. The molecule has 0 spiro atoms. The summed E-state index contributed by atoms with van der Waals surface area (Å²) in [5.41, 5.74) is 3.31. The van der Waals surface area contributed by atoms with Crippen molar-refractivity contribution in [2.45, 2.75) is 24.1 Å². The number of amides is 1. The van der Waals surface area contributed by atoms with Crippen LogP contribution in [0.3, 0.4) is 0 Å². The Labute approximate surface area is 150 Å². The van der Waals surface area contributed by atoms with Crippen molar-refractivity contribution in [3.63, 3.8) is 0 Å². The molecule has 0 saturated carbocycles. The fourth-order valence-electron chi connectivity index (χ4n) is 2.74. The number of benzene rings is 1. The van der Waals surface area contributed by atoms with Crippen molar-refractivity contribution >= 4 is 45.5 Å². The molecule has 2 aromatic rings. The van der Waals surface area contributed by atoms with Crippen molar-refractivity contribution < 1.29 is 4.79 Å². The summed E-state index contributed by atoms with van der Waals surface area (Å²) < 4.78 is 0.787. The van der Waals surface area contributed by atoms with Crippen LogP contribution >= 0.6 is 23.1 Å². The van der Waals surface area contributed by atoms with E-state index < -0.39 is 0 Å². The lowest BCUT2D eigenvalue weighted by molar-refractivity contribution is -0.113. The van der Waals surface area contributed by atoms with Crippen LogP contribution in [0, 0.1) is 6.92 Å². The molecule has 2 N–H and O–H groups in total. The van der Waals surface area contributed by atoms with E-state index in [2.05, 4.69) is 38.7 Å². The molecular formula is C16H21N5OS2. The van der Waals surface area contributed by atoms with Crippen molar-refractivity contribution in [2.24, 2.45) is 0 Å². The SMILES string of the molecule is CNc1nnc(SCC(=O)Nc2ccc(N3CCCC3)c(C)c2)s1. The van der Waals surface area contributed by atoms with Gasteiger partial charge in [0, 0.05) is 31.5 Å². The quantitative estimate of drug-likeness (QED) is 0.768. The highest BCUT2D eigenvalue weighted by Crippen LogP contribution is 2.28. The summed E-state index contributed by atoms with van der Waals surface area (Å²) in [7, 11) is 1.80. The molecule has 6 nitrogen and oxygen atoms in total. The fraction of sp³-hybridized carbons (Fsp3) is 0.438. The number of thioether (sulfide) groups is 1. The van der Waals surface area contributed by atoms with E-state index in [1.807, 2.05) is 12.1 Å². The molecular weight excluding hydrogens is 342 g/mol. The van der Waals surface area contributed by atoms with Gasteiger partial charge in [0.25, 0.3) is 0 Å². The monoisotopic (exact) mass is 363 g/mol. The molecule has 2 heterocycles. The summed E-state index contributed by atoms with van der Waals surface area (Å²) in [6.45, 7) is 4.35. The van der Waals surface area contributed by atoms with Gasteiger partial charge in [-0.1, -0.05) is 23.1 Å². The van der Waals surface area contributed by atoms with E-state index in [1.165, 1.54) is 47.2 Å². The van der Waals surface area contributed by atoms with Gasteiger partial charge in [-0.3, -0.25) is 4.79 Å². The van der Waals surface area contributed by atoms with Crippen LogP contribution in [0.15, 0.2) is 22.5 Å². The van der Waals surface area contributed by atoms with E-state index in [4.69, 9.17) is 0 Å². The van der Waals surface area contributed by atoms with Crippen LogP contribution in [0.2, 0.25) is 0 Å². The first kappa shape index (κ1) is 17.0. The molecule has 0 radical (unpaired) electrons. The lowest BCUT2D eigenvalue weighted by Gasteiger charge is -2.20. The maximum absolute atomic E-state index is 12.1. The highest BCUT2D eigenvalue weighted by atomic mass is 32.2. The lowest BCUT2D eigenvalue weighted by atomic mass is 10.1. The molecule has 3 rings (SSSR count). The highest BCUT2D eigenvalue weighted by Gasteiger charge is 2.15. The molecule has 1 aliphatic heterocycles. The van der Waals surface area contributed by atoms with E-state index in [0.29, 0.717) is 5.75 Å². The third kappa shape index (κ3) is 4.18. The van der Waals surface area contributed by atoms with Gasteiger partial charge in [-0.25, -0.2) is 0 Å². The molecule has 1 aromatic heterocycles. The molecule has 0 aliphatic carbocycles. The normalized spacial score (nSPS) is 14.0. The number of hydrogen-bond donors (Lipinski definition) is 2. The van der Waals surface area contributed by atoms with E-state index in [-0.39, 0.29) is 5.91 Å². The second-order valence-corrected chi connectivity index (χ2v) is 7.86. The van der Waals surface area contributed by atoms with Crippen LogP contribution in [0.4, 0.5) is 16.5 Å². The number of hydrogen-bond acceptors (Lipinski definition) is 7. The average Bonchev–Trinajstić information content (AvgIpc) is 3.24. The third-order valence-corrected chi connectivity index (χ3v) is 5.95. The summed E-state index contributed by atoms with van der Waals surface area (Å²) in [6, 6.07) is 6.13. The Bertz CT molecular complexity index is 712. The van der Waals surface area contributed by atoms with Crippen LogP contribution in [0.25, 0.3) is 0 Å². The zero-order valence-electron chi connectivity index (χ0n) is 13.8. The molecule has 128 valence electrons. The van der Waals surface area contributed by atoms with E-state index in [9.17, 15) is 4.79 Å². The fourth-order valence-corrected chi connectivity index (χ4v) is 4.24. The second-order valence-electron chi connectivity index (χ2n) is 5.66. The van der Waals surface area contributed by atoms with Gasteiger partial charge >= 0.3 is 0 Å². The van der Waals surface area contributed by atoms with Crippen LogP contribution in [0.1, 0.15) is 18.4 Å². The molecule has 0 unspecified atom stereocenters. The molecule has 8 heteroatoms. The molecule has 0 atom stereocenters. The zero-order valence-corrected chi connectivity index (χ0v) is 15.5. The van der Waals surface area contributed by atoms with Crippen molar-refractivity contribution in [3.05, 3.63) is 23.8 Å². The van der Waals surface area contributed by atoms with Crippen molar-refractivity contribution in [3.8, 4) is 0 Å². The van der Waals surface area contributed by atoms with Gasteiger partial charge in [-0.2, -0.15) is 0 Å². The number of nitrogens with one attached hydrogen (secondary N) is 2. The van der Waals surface area contributed by atoms with Gasteiger partial charge in [-0.05, 0) is 43.5 Å². The predicted molar refractivity (Wildman–Crippen MR) is 101 cm³/mol. The van der Waals surface area contributed by atoms with Gasteiger partial charge in [0.2, 0.25) is 11.0 Å². The maximum Gasteiger partial charge on any atom is 0.234 e. The largest absolute Gasteiger partial charge is 0.371 e. The van der Waals surface area contributed by atoms with Crippen LogP contribution in [-0.4, -0.2) is 42.0 Å². The average molecular weight is 364 g/mol. The second kappa shape index (κ2) is 7.85. The van der Waals surface area contributed by atoms with Gasteiger partial charge in [0.05, 0.1) is 5.75 Å². The molecule has 1 aromatic carbocycles. The Morgan fingerprint density at radius 1 is 1.33 bits per heavy atom. The minimum absolute atomic E-state index is 0.0328. The Morgan fingerprint density at radius 3 is 2.79 bits per heavy atom. The predicted octanol–water partition coefficient (Wildman–Crippen LogP) is 3.22. The number of nitrogens with zero attached hydrogens (tertiary/aromatic N) is 3. The van der Waals surface area contributed by atoms with Crippen LogP contribution in [-0.2, 0) is 4.79 Å². The Morgan fingerprint density at radius 2 is 2.12 bits per heavy atom. The number of carbonyl (C=O) groups excluding carboxylic acids is 1. The Kier molecular flexibility index (Phi) is 5.57. The first-order chi connectivity index (χ1) is 11.7. The van der Waals surface area contributed by atoms with Crippen LogP contribution < -0.4 is 15.5 Å². The lowest BCUT2D eigenvalue weighted by Crippen LogP contribution is -2.19. The topological polar surface area (TPSA) is 70.1 Å². The standard InChI is InChI=1S/C16H21N5OS2/c1-11-9-12(5-6-13(11)21-7-3-4-8-21)18-14(22)10-23-16-20-19-15(17-2)24-16/h5-6,9H,3-4,7-8,10H2,1-2H3,(H,17,19)(H,18,22). The summed E-state index contributed by atoms with van der Waals surface area (Å²) in [5, 5.41) is 14.6. The minimum atomic E-state index is -0.0328. The zero-order chi connectivity index (χ0) is 16.9. The molecule has 1 amide bonds. The summed E-state index contributed by atoms with van der Waals surface area (Å²) in [4.78, 5) is 14.5. The maximum atomic E-state index is 12.1. The highest BCUT2D eigenvalue weighted by molar-refractivity contribution is 8.01. The van der Waals surface area contributed by atoms with E-state index in [0.717, 1.165) is 28.2 Å². The summed E-state index contributed by atoms with van der Waals surface area (Å²) >= 11 is 2.84. The number of anilines is 3. The van der Waals surface area contributed by atoms with Crippen LogP contribution in [0.5, 0.6) is 0 Å². The van der Waals surface area contributed by atoms with Gasteiger partial charge < -0.3 is 15.5 Å². The molecule has 1 fully saturated rings. The van der Waals surface area contributed by atoms with Gasteiger partial charge in [-0.15, -0.1) is 10.2 Å². The first-order valence-electron chi connectivity index (χ1n) is 7.95. The van der Waals surface area contributed by atoms with Crippen molar-refractivity contribution in [2.75, 3.05) is 41.4 Å². The number of aryl methyl sites for hydroxylation is 1. The van der Waals surface area contributed by atoms with E-state index in [1.54, 1.807) is 7.05 Å². The van der Waals surface area contributed by atoms with Crippen molar-refractivity contribution in [1.82, 2.24) is 10.2 Å². The number of rotatable bonds is 6. The molecule has 1 saturated heterocycles. The molecule has 0 bridgehead atoms. The molecule has 1 aliphatic rings. The van der Waals surface area contributed by atoms with Crippen molar-refractivity contribution in [1.29, 1.82) is 0 Å². The number of carbonyl (C=O) groups is 1. The third-order valence-electron chi connectivity index (χ3n) is 3.87. The smallest absolute Gasteiger partial charge is 0.234 e. The minimum Gasteiger partial charge on any atom is -0.371 e. The first-order valence-corrected chi connectivity index (χ1v) is 9.75. The Balaban J connectivity index is 1.55. The van der Waals surface area contributed by atoms with Gasteiger partial charge in [0.15, 0.2) is 4.34 Å². The van der Waals surface area contributed by atoms with Gasteiger partial charge in [0.1, 0.15) is 0 Å². The van der Waals surface area contributed by atoms with E-state index >= 15 is 0 Å². The Hall–Kier alpha value is -1.80. The molecule has 24 heavy (non-hydrogen) atoms. The summed E-state index contributed by atoms with van der Waals surface area (Å²) in [6.07, 6.45) is 2.52.